The van der Waals surface area contributed by atoms with Crippen molar-refractivity contribution in [1.29, 1.82) is 0 Å². The van der Waals surface area contributed by atoms with Crippen LogP contribution in [0.5, 0.6) is 5.75 Å². The minimum Gasteiger partial charge on any atom is -0.495 e. The van der Waals surface area contributed by atoms with Gasteiger partial charge in [-0.15, -0.1) is 0 Å². The largest absolute Gasteiger partial charge is 0.495 e. The van der Waals surface area contributed by atoms with Gasteiger partial charge in [0.15, 0.2) is 11.9 Å². The topological polar surface area (TPSA) is 137 Å². The number of rotatable bonds is 9. The van der Waals surface area contributed by atoms with Gasteiger partial charge in [-0.3, -0.25) is 9.52 Å². The zero-order chi connectivity index (χ0) is 24.0. The van der Waals surface area contributed by atoms with Gasteiger partial charge in [0.2, 0.25) is 0 Å². The van der Waals surface area contributed by atoms with Crippen molar-refractivity contribution in [2.75, 3.05) is 17.1 Å². The Morgan fingerprint density at radius 1 is 1.12 bits per heavy atom. The number of carbonyl (C=O) groups is 2. The molecule has 0 saturated carbocycles. The third-order valence-electron chi connectivity index (χ3n) is 4.54. The number of nitrogens with one attached hydrogen (secondary N) is 2. The van der Waals surface area contributed by atoms with Crippen molar-refractivity contribution < 1.29 is 32.0 Å². The van der Waals surface area contributed by atoms with Crippen LogP contribution in [0.1, 0.15) is 29.5 Å². The van der Waals surface area contributed by atoms with Crippen LogP contribution in [0.4, 0.5) is 11.5 Å². The summed E-state index contributed by atoms with van der Waals surface area (Å²) in [5.41, 5.74) is 0.373. The van der Waals surface area contributed by atoms with Gasteiger partial charge in [0.25, 0.3) is 15.9 Å². The molecule has 11 heteroatoms. The van der Waals surface area contributed by atoms with Crippen molar-refractivity contribution in [2.24, 2.45) is 0 Å². The van der Waals surface area contributed by atoms with E-state index in [9.17, 15) is 18.0 Å². The second-order valence-electron chi connectivity index (χ2n) is 6.94. The molecule has 2 N–H and O–H groups in total. The molecule has 0 radical (unpaired) electrons. The van der Waals surface area contributed by atoms with Crippen LogP contribution in [0.15, 0.2) is 64.0 Å². The van der Waals surface area contributed by atoms with Crippen molar-refractivity contribution in [3.8, 4) is 5.75 Å². The van der Waals surface area contributed by atoms with Crippen molar-refractivity contribution in [3.05, 3.63) is 65.9 Å². The van der Waals surface area contributed by atoms with E-state index in [0.29, 0.717) is 11.5 Å². The summed E-state index contributed by atoms with van der Waals surface area (Å²) >= 11 is 0. The van der Waals surface area contributed by atoms with E-state index in [4.69, 9.17) is 14.0 Å². The summed E-state index contributed by atoms with van der Waals surface area (Å²) in [6.45, 7) is 3.36. The number of nitrogens with zero attached hydrogens (tertiary/aromatic N) is 1. The number of anilines is 2. The number of sulfonamides is 1. The van der Waals surface area contributed by atoms with Crippen LogP contribution in [0.2, 0.25) is 0 Å². The van der Waals surface area contributed by atoms with E-state index in [1.54, 1.807) is 38.1 Å². The van der Waals surface area contributed by atoms with Crippen LogP contribution in [0, 0.1) is 6.92 Å². The van der Waals surface area contributed by atoms with Gasteiger partial charge in [0.1, 0.15) is 11.5 Å². The number of aromatic nitrogens is 1. The molecule has 1 amide bonds. The molecule has 0 spiro atoms. The van der Waals surface area contributed by atoms with Crippen molar-refractivity contribution in [3.63, 3.8) is 0 Å². The van der Waals surface area contributed by atoms with E-state index in [1.807, 2.05) is 0 Å². The number of para-hydroxylation sites is 2. The molecule has 3 rings (SSSR count). The molecule has 0 saturated heterocycles. The standard InChI is InChI=1S/C22H23N3O7S/c1-4-18(21(26)23-20-13-14(2)32-24-20)31-22(27)15-9-11-16(12-10-15)33(28,29)25-17-7-5-6-8-19(17)30-3/h5-13,18,25H,4H2,1-3H3,(H,23,24,26). The normalized spacial score (nSPS) is 12.0. The zero-order valence-corrected chi connectivity index (χ0v) is 19.0. The predicted molar refractivity (Wildman–Crippen MR) is 120 cm³/mol. The number of carbonyl (C=O) groups excluding carboxylic acids is 2. The molecule has 33 heavy (non-hydrogen) atoms. The smallest absolute Gasteiger partial charge is 0.338 e. The number of amides is 1. The highest BCUT2D eigenvalue weighted by molar-refractivity contribution is 7.92. The summed E-state index contributed by atoms with van der Waals surface area (Å²) in [5.74, 6) is -0.227. The minimum absolute atomic E-state index is 0.0591. The minimum atomic E-state index is -3.92. The van der Waals surface area contributed by atoms with Crippen molar-refractivity contribution in [1.82, 2.24) is 5.16 Å². The van der Waals surface area contributed by atoms with E-state index in [-0.39, 0.29) is 28.4 Å². The first kappa shape index (κ1) is 23.8. The molecule has 2 aromatic carbocycles. The summed E-state index contributed by atoms with van der Waals surface area (Å²) in [5, 5.41) is 6.18. The molecule has 0 aliphatic rings. The van der Waals surface area contributed by atoms with Crippen molar-refractivity contribution >= 4 is 33.4 Å². The molecule has 1 aromatic heterocycles. The lowest BCUT2D eigenvalue weighted by atomic mass is 10.2. The Labute approximate surface area is 190 Å². The summed E-state index contributed by atoms with van der Waals surface area (Å²) < 4.78 is 43.2. The zero-order valence-electron chi connectivity index (χ0n) is 18.2. The highest BCUT2D eigenvalue weighted by atomic mass is 32.2. The maximum atomic E-state index is 12.7. The number of benzene rings is 2. The molecule has 10 nitrogen and oxygen atoms in total. The van der Waals surface area contributed by atoms with Gasteiger partial charge in [0.05, 0.1) is 23.3 Å². The summed E-state index contributed by atoms with van der Waals surface area (Å²) in [4.78, 5) is 24.8. The quantitative estimate of drug-likeness (QED) is 0.451. The van der Waals surface area contributed by atoms with Crippen LogP contribution < -0.4 is 14.8 Å². The van der Waals surface area contributed by atoms with E-state index in [0.717, 1.165) is 0 Å². The number of ether oxygens (including phenoxy) is 2. The molecule has 1 heterocycles. The molecule has 0 aliphatic carbocycles. The number of aryl methyl sites for hydroxylation is 1. The van der Waals surface area contributed by atoms with Crippen LogP contribution in [-0.2, 0) is 19.6 Å². The van der Waals surface area contributed by atoms with Crippen LogP contribution >= 0.6 is 0 Å². The first-order valence-electron chi connectivity index (χ1n) is 9.94. The lowest BCUT2D eigenvalue weighted by Crippen LogP contribution is -2.32. The van der Waals surface area contributed by atoms with Gasteiger partial charge >= 0.3 is 5.97 Å². The lowest BCUT2D eigenvalue weighted by Gasteiger charge is -2.15. The molecule has 0 fully saturated rings. The van der Waals surface area contributed by atoms with E-state index in [1.165, 1.54) is 37.4 Å². The third kappa shape index (κ3) is 5.89. The average Bonchev–Trinajstić information content (AvgIpc) is 3.21. The Morgan fingerprint density at radius 2 is 1.82 bits per heavy atom. The lowest BCUT2D eigenvalue weighted by molar-refractivity contribution is -0.124. The number of esters is 1. The molecule has 174 valence electrons. The number of hydrogen-bond donors (Lipinski definition) is 2. The van der Waals surface area contributed by atoms with Gasteiger partial charge in [-0.1, -0.05) is 24.2 Å². The molecule has 0 aliphatic heterocycles. The molecular formula is C22H23N3O7S. The Balaban J connectivity index is 1.68. The summed E-state index contributed by atoms with van der Waals surface area (Å²) in [6, 6.07) is 13.3. The summed E-state index contributed by atoms with van der Waals surface area (Å²) in [7, 11) is -2.49. The fourth-order valence-electron chi connectivity index (χ4n) is 2.85. The molecular weight excluding hydrogens is 450 g/mol. The highest BCUT2D eigenvalue weighted by Crippen LogP contribution is 2.26. The Bertz CT molecular complexity index is 1240. The Morgan fingerprint density at radius 3 is 2.42 bits per heavy atom. The maximum absolute atomic E-state index is 12.7. The predicted octanol–water partition coefficient (Wildman–Crippen LogP) is 3.37. The molecule has 0 bridgehead atoms. The second kappa shape index (κ2) is 10.2. The molecule has 1 atom stereocenters. The van der Waals surface area contributed by atoms with E-state index >= 15 is 0 Å². The monoisotopic (exact) mass is 473 g/mol. The van der Waals surface area contributed by atoms with Crippen molar-refractivity contribution in [2.45, 2.75) is 31.3 Å². The number of methoxy groups -OCH3 is 1. The molecule has 1 unspecified atom stereocenters. The van der Waals surface area contributed by atoms with E-state index in [2.05, 4.69) is 15.2 Å². The highest BCUT2D eigenvalue weighted by Gasteiger charge is 2.24. The first-order valence-corrected chi connectivity index (χ1v) is 11.4. The van der Waals surface area contributed by atoms with Gasteiger partial charge < -0.3 is 19.3 Å². The second-order valence-corrected chi connectivity index (χ2v) is 8.63. The third-order valence-corrected chi connectivity index (χ3v) is 5.92. The number of hydrogen-bond acceptors (Lipinski definition) is 8. The van der Waals surface area contributed by atoms with E-state index < -0.39 is 28.0 Å². The fraction of sp³-hybridized carbons (Fsp3) is 0.227. The van der Waals surface area contributed by atoms with Gasteiger partial charge in [-0.2, -0.15) is 0 Å². The average molecular weight is 474 g/mol. The Kier molecular flexibility index (Phi) is 7.34. The fourth-order valence-corrected chi connectivity index (χ4v) is 3.92. The van der Waals surface area contributed by atoms with Gasteiger partial charge in [0, 0.05) is 6.07 Å². The first-order chi connectivity index (χ1) is 15.7. The maximum Gasteiger partial charge on any atom is 0.338 e. The molecule has 3 aromatic rings. The van der Waals surface area contributed by atoms with Crippen LogP contribution in [-0.4, -0.2) is 38.7 Å². The Hall–Kier alpha value is -3.86. The van der Waals surface area contributed by atoms with Gasteiger partial charge in [-0.05, 0) is 49.7 Å². The van der Waals surface area contributed by atoms with Gasteiger partial charge in [-0.25, -0.2) is 13.2 Å². The van der Waals surface area contributed by atoms with Crippen LogP contribution in [0.3, 0.4) is 0 Å². The SMILES string of the molecule is CCC(OC(=O)c1ccc(S(=O)(=O)Nc2ccccc2OC)cc1)C(=O)Nc1cc(C)on1. The van der Waals surface area contributed by atoms with Crippen LogP contribution in [0.25, 0.3) is 0 Å². The summed E-state index contributed by atoms with van der Waals surface area (Å²) in [6.07, 6.45) is -0.839.